The third-order valence-electron chi connectivity index (χ3n) is 4.17. The summed E-state index contributed by atoms with van der Waals surface area (Å²) in [6.07, 6.45) is 1.37. The molecule has 0 saturated carbocycles. The number of hydrogen-bond donors (Lipinski definition) is 0. The summed E-state index contributed by atoms with van der Waals surface area (Å²) >= 11 is 12.2. The molecule has 1 aliphatic rings. The molecule has 1 amide bonds. The first-order valence-electron chi connectivity index (χ1n) is 8.41. The van der Waals surface area contributed by atoms with Crippen LogP contribution in [0.5, 0.6) is 0 Å². The molecule has 3 rings (SSSR count). The second kappa shape index (κ2) is 7.68. The number of carbonyl (C=O) groups is 1. The van der Waals surface area contributed by atoms with Crippen LogP contribution in [0.4, 0.5) is 10.5 Å². The average Bonchev–Trinajstić information content (AvgIpc) is 2.52. The zero-order chi connectivity index (χ0) is 19.1. The highest BCUT2D eigenvalue weighted by Crippen LogP contribution is 2.44. The number of rotatable bonds is 1. The minimum Gasteiger partial charge on any atom is -0.443 e. The van der Waals surface area contributed by atoms with Crippen LogP contribution >= 0.6 is 50.1 Å². The van der Waals surface area contributed by atoms with Crippen LogP contribution in [-0.4, -0.2) is 11.7 Å². The van der Waals surface area contributed by atoms with Gasteiger partial charge in [0.1, 0.15) is 5.60 Å². The molecule has 1 aliphatic heterocycles. The summed E-state index contributed by atoms with van der Waals surface area (Å²) in [5, 5.41) is 0.666. The van der Waals surface area contributed by atoms with Crippen molar-refractivity contribution in [3.63, 3.8) is 0 Å². The largest absolute Gasteiger partial charge is 0.443 e. The van der Waals surface area contributed by atoms with Gasteiger partial charge in [-0.2, -0.15) is 0 Å². The second-order valence-corrected chi connectivity index (χ2v) is 9.89. The Morgan fingerprint density at radius 1 is 1.31 bits per heavy atom. The molecule has 1 unspecified atom stereocenters. The zero-order valence-corrected chi connectivity index (χ0v) is 19.4. The third kappa shape index (κ3) is 4.37. The first kappa shape index (κ1) is 20.0. The van der Waals surface area contributed by atoms with Gasteiger partial charge >= 0.3 is 6.09 Å². The van der Waals surface area contributed by atoms with Crippen molar-refractivity contribution in [3.8, 4) is 0 Å². The summed E-state index contributed by atoms with van der Waals surface area (Å²) in [4.78, 5) is 14.9. The lowest BCUT2D eigenvalue weighted by Crippen LogP contribution is -2.42. The molecule has 0 N–H and O–H groups in total. The van der Waals surface area contributed by atoms with E-state index in [0.29, 0.717) is 5.02 Å². The summed E-state index contributed by atoms with van der Waals surface area (Å²) in [5.74, 6) is 0. The smallest absolute Gasteiger partial charge is 0.415 e. The topological polar surface area (TPSA) is 29.5 Å². The Labute approximate surface area is 181 Å². The van der Waals surface area contributed by atoms with Gasteiger partial charge in [-0.05, 0) is 108 Å². The Balaban J connectivity index is 2.11. The summed E-state index contributed by atoms with van der Waals surface area (Å²) in [7, 11) is 0. The van der Waals surface area contributed by atoms with Crippen LogP contribution in [0.1, 0.15) is 44.4 Å². The molecule has 1 atom stereocenters. The molecule has 0 radical (unpaired) electrons. The summed E-state index contributed by atoms with van der Waals surface area (Å²) in [6.45, 7) is 5.65. The fourth-order valence-electron chi connectivity index (χ4n) is 3.22. The fraction of sp³-hybridized carbons (Fsp3) is 0.350. The van der Waals surface area contributed by atoms with E-state index in [1.165, 1.54) is 0 Å². The number of nitrogens with zero attached hydrogens (tertiary/aromatic N) is 1. The lowest BCUT2D eigenvalue weighted by Gasteiger charge is -2.39. The lowest BCUT2D eigenvalue weighted by molar-refractivity contribution is 0.0559. The van der Waals surface area contributed by atoms with Crippen LogP contribution in [0, 0.1) is 3.57 Å². The molecule has 0 fully saturated rings. The monoisotopic (exact) mass is 547 g/mol. The lowest BCUT2D eigenvalue weighted by atomic mass is 9.91. The Kier molecular flexibility index (Phi) is 5.89. The molecular weight excluding hydrogens is 528 g/mol. The molecule has 2 aromatic rings. The van der Waals surface area contributed by atoms with Gasteiger partial charge in [0.2, 0.25) is 0 Å². The van der Waals surface area contributed by atoms with Gasteiger partial charge in [-0.3, -0.25) is 4.90 Å². The van der Waals surface area contributed by atoms with E-state index in [1.54, 1.807) is 4.90 Å². The number of aryl methyl sites for hydroxylation is 1. The maximum atomic E-state index is 13.1. The van der Waals surface area contributed by atoms with Gasteiger partial charge < -0.3 is 4.74 Å². The van der Waals surface area contributed by atoms with Gasteiger partial charge in [0.25, 0.3) is 0 Å². The number of amides is 1. The van der Waals surface area contributed by atoms with E-state index in [4.69, 9.17) is 16.3 Å². The van der Waals surface area contributed by atoms with Crippen molar-refractivity contribution in [2.75, 3.05) is 4.90 Å². The van der Waals surface area contributed by atoms with E-state index in [2.05, 4.69) is 44.6 Å². The quantitative estimate of drug-likeness (QED) is 0.355. The maximum Gasteiger partial charge on any atom is 0.415 e. The van der Waals surface area contributed by atoms with Crippen molar-refractivity contribution >= 4 is 61.9 Å². The van der Waals surface area contributed by atoms with Crippen LogP contribution in [-0.2, 0) is 11.2 Å². The van der Waals surface area contributed by atoms with Crippen molar-refractivity contribution in [2.24, 2.45) is 0 Å². The molecule has 0 aliphatic carbocycles. The Hall–Kier alpha value is -0.790. The highest BCUT2D eigenvalue weighted by molar-refractivity contribution is 14.1. The minimum absolute atomic E-state index is 0.118. The molecular formula is C20H20BrClINO2. The molecule has 0 bridgehead atoms. The van der Waals surface area contributed by atoms with E-state index in [0.717, 1.165) is 37.7 Å². The maximum absolute atomic E-state index is 13.1. The first-order valence-corrected chi connectivity index (χ1v) is 10.7. The SMILES string of the molecule is CC(C)(C)OC(=O)N1c2c(Br)cc(I)cc2CCC1c1cccc(Cl)c1. The van der Waals surface area contributed by atoms with E-state index in [9.17, 15) is 4.79 Å². The minimum atomic E-state index is -0.566. The third-order valence-corrected chi connectivity index (χ3v) is 5.63. The average molecular weight is 549 g/mol. The summed E-state index contributed by atoms with van der Waals surface area (Å²) in [5.41, 5.74) is 2.48. The number of benzene rings is 2. The van der Waals surface area contributed by atoms with Crippen LogP contribution < -0.4 is 4.90 Å². The molecule has 2 aromatic carbocycles. The first-order chi connectivity index (χ1) is 12.2. The zero-order valence-electron chi connectivity index (χ0n) is 14.9. The van der Waals surface area contributed by atoms with E-state index >= 15 is 0 Å². The van der Waals surface area contributed by atoms with Gasteiger partial charge in [0, 0.05) is 13.1 Å². The summed E-state index contributed by atoms with van der Waals surface area (Å²) < 4.78 is 7.77. The van der Waals surface area contributed by atoms with E-state index in [-0.39, 0.29) is 12.1 Å². The fourth-order valence-corrected chi connectivity index (χ4v) is 5.22. The van der Waals surface area contributed by atoms with Crippen molar-refractivity contribution < 1.29 is 9.53 Å². The number of hydrogen-bond acceptors (Lipinski definition) is 2. The van der Waals surface area contributed by atoms with Gasteiger partial charge in [-0.25, -0.2) is 4.79 Å². The van der Waals surface area contributed by atoms with Crippen molar-refractivity contribution in [2.45, 2.75) is 45.3 Å². The van der Waals surface area contributed by atoms with E-state index < -0.39 is 5.60 Å². The van der Waals surface area contributed by atoms with Crippen LogP contribution in [0.2, 0.25) is 5.02 Å². The van der Waals surface area contributed by atoms with Gasteiger partial charge in [0.15, 0.2) is 0 Å². The van der Waals surface area contributed by atoms with Gasteiger partial charge in [-0.15, -0.1) is 0 Å². The molecule has 26 heavy (non-hydrogen) atoms. The molecule has 6 heteroatoms. The standard InChI is InChI=1S/C20H20BrClINO2/c1-20(2,3)26-19(25)24-17(12-5-4-6-14(22)9-12)8-7-13-10-15(23)11-16(21)18(13)24/h4-6,9-11,17H,7-8H2,1-3H3. The molecule has 138 valence electrons. The number of anilines is 1. The highest BCUT2D eigenvalue weighted by atomic mass is 127. The molecule has 1 heterocycles. The predicted octanol–water partition coefficient (Wildman–Crippen LogP) is 7.14. The van der Waals surface area contributed by atoms with E-state index in [1.807, 2.05) is 51.1 Å². The van der Waals surface area contributed by atoms with Crippen LogP contribution in [0.25, 0.3) is 0 Å². The van der Waals surface area contributed by atoms with Crippen LogP contribution in [0.3, 0.4) is 0 Å². The summed E-state index contributed by atoms with van der Waals surface area (Å²) in [6, 6.07) is 11.7. The van der Waals surface area contributed by atoms with Crippen LogP contribution in [0.15, 0.2) is 40.9 Å². The van der Waals surface area contributed by atoms with Crippen molar-refractivity contribution in [1.29, 1.82) is 0 Å². The normalized spacial score (nSPS) is 17.0. The van der Waals surface area contributed by atoms with Crippen molar-refractivity contribution in [1.82, 2.24) is 0 Å². The van der Waals surface area contributed by atoms with Gasteiger partial charge in [-0.1, -0.05) is 23.7 Å². The number of halogens is 3. The molecule has 0 spiro atoms. The Morgan fingerprint density at radius 3 is 2.69 bits per heavy atom. The highest BCUT2D eigenvalue weighted by Gasteiger charge is 2.36. The number of carbonyl (C=O) groups excluding carboxylic acids is 1. The molecule has 3 nitrogen and oxygen atoms in total. The molecule has 0 aromatic heterocycles. The van der Waals surface area contributed by atoms with Crippen molar-refractivity contribution in [3.05, 3.63) is 60.6 Å². The predicted molar refractivity (Wildman–Crippen MR) is 118 cm³/mol. The molecule has 0 saturated heterocycles. The second-order valence-electron chi connectivity index (χ2n) is 7.36. The van der Waals surface area contributed by atoms with Gasteiger partial charge in [0.05, 0.1) is 11.7 Å². The Morgan fingerprint density at radius 2 is 2.04 bits per heavy atom. The number of ether oxygens (including phenoxy) is 1. The number of fused-ring (bicyclic) bond motifs is 1. The Bertz CT molecular complexity index is 850.